The van der Waals surface area contributed by atoms with E-state index >= 15 is 0 Å². The predicted molar refractivity (Wildman–Crippen MR) is 73.3 cm³/mol. The second-order valence-electron chi connectivity index (χ2n) is 4.22. The summed E-state index contributed by atoms with van der Waals surface area (Å²) in [5.41, 5.74) is 0.514. The molecule has 0 aromatic carbocycles. The number of hydrogen-bond acceptors (Lipinski definition) is 5. The maximum Gasteiger partial charge on any atom is 0.270 e. The molecule has 0 aliphatic carbocycles. The molecule has 1 aromatic rings. The van der Waals surface area contributed by atoms with Crippen LogP contribution in [0.3, 0.4) is 0 Å². The zero-order valence-electron chi connectivity index (χ0n) is 11.2. The highest BCUT2D eigenvalue weighted by atomic mass is 32.1. The molecule has 0 radical (unpaired) electrons. The van der Waals surface area contributed by atoms with Crippen LogP contribution in [0, 0.1) is 0 Å². The molecule has 1 heterocycles. The molecule has 102 valence electrons. The fourth-order valence-corrected chi connectivity index (χ4v) is 2.13. The summed E-state index contributed by atoms with van der Waals surface area (Å²) in [7, 11) is 1.66. The Balaban J connectivity index is 2.23. The van der Waals surface area contributed by atoms with Crippen LogP contribution < -0.4 is 10.6 Å². The van der Waals surface area contributed by atoms with Crippen LogP contribution in [0.2, 0.25) is 0 Å². The van der Waals surface area contributed by atoms with Crippen molar-refractivity contribution in [3.8, 4) is 0 Å². The minimum Gasteiger partial charge on any atom is -0.383 e. The molecular formula is C12H21N3O2S. The van der Waals surface area contributed by atoms with Crippen LogP contribution in [0.15, 0.2) is 5.38 Å². The van der Waals surface area contributed by atoms with E-state index in [1.807, 2.05) is 5.38 Å². The Morgan fingerprint density at radius 2 is 2.22 bits per heavy atom. The smallest absolute Gasteiger partial charge is 0.270 e. The van der Waals surface area contributed by atoms with E-state index in [1.54, 1.807) is 7.11 Å². The molecule has 6 heteroatoms. The van der Waals surface area contributed by atoms with Gasteiger partial charge in [0.2, 0.25) is 0 Å². The zero-order valence-corrected chi connectivity index (χ0v) is 12.0. The first-order chi connectivity index (χ1) is 8.65. The lowest BCUT2D eigenvalue weighted by Crippen LogP contribution is -2.33. The predicted octanol–water partition coefficient (Wildman–Crippen LogP) is 1.23. The molecule has 5 nitrogen and oxygen atoms in total. The molecule has 0 spiro atoms. The average molecular weight is 271 g/mol. The van der Waals surface area contributed by atoms with E-state index in [9.17, 15) is 4.79 Å². The summed E-state index contributed by atoms with van der Waals surface area (Å²) in [6.07, 6.45) is 0. The number of rotatable bonds is 8. The van der Waals surface area contributed by atoms with Gasteiger partial charge in [-0.05, 0) is 0 Å². The summed E-state index contributed by atoms with van der Waals surface area (Å²) < 4.78 is 4.91. The number of hydrogen-bond donors (Lipinski definition) is 2. The van der Waals surface area contributed by atoms with Gasteiger partial charge in [0, 0.05) is 38.0 Å². The molecule has 0 aliphatic rings. The number of thiazole rings is 1. The van der Waals surface area contributed by atoms with Crippen molar-refractivity contribution in [1.82, 2.24) is 15.6 Å². The maximum atomic E-state index is 11.8. The monoisotopic (exact) mass is 271 g/mol. The number of methoxy groups -OCH3 is 1. The van der Waals surface area contributed by atoms with Gasteiger partial charge >= 0.3 is 0 Å². The number of nitrogens with zero attached hydrogens (tertiary/aromatic N) is 1. The summed E-state index contributed by atoms with van der Waals surface area (Å²) in [4.78, 5) is 16.1. The lowest BCUT2D eigenvalue weighted by atomic mass is 10.2. The number of carbonyl (C=O) groups excluding carboxylic acids is 1. The molecule has 0 aliphatic heterocycles. The van der Waals surface area contributed by atoms with Crippen LogP contribution in [0.1, 0.15) is 35.3 Å². The van der Waals surface area contributed by atoms with Gasteiger partial charge < -0.3 is 15.4 Å². The molecule has 1 amide bonds. The van der Waals surface area contributed by atoms with Crippen LogP contribution >= 0.6 is 11.3 Å². The minimum absolute atomic E-state index is 0.105. The summed E-state index contributed by atoms with van der Waals surface area (Å²) >= 11 is 1.53. The summed E-state index contributed by atoms with van der Waals surface area (Å²) in [5, 5.41) is 8.80. The van der Waals surface area contributed by atoms with Gasteiger partial charge in [0.25, 0.3) is 5.91 Å². The summed E-state index contributed by atoms with van der Waals surface area (Å²) in [5.74, 6) is 0.263. The van der Waals surface area contributed by atoms with Gasteiger partial charge in [0.15, 0.2) is 0 Å². The lowest BCUT2D eigenvalue weighted by molar-refractivity contribution is 0.0949. The Labute approximate surface area is 112 Å². The van der Waals surface area contributed by atoms with E-state index in [0.29, 0.717) is 24.8 Å². The molecule has 0 saturated heterocycles. The average Bonchev–Trinajstić information content (AvgIpc) is 2.83. The first kappa shape index (κ1) is 15.1. The first-order valence-electron chi connectivity index (χ1n) is 6.08. The van der Waals surface area contributed by atoms with Gasteiger partial charge in [0.05, 0.1) is 11.6 Å². The van der Waals surface area contributed by atoms with Gasteiger partial charge in [-0.25, -0.2) is 4.98 Å². The van der Waals surface area contributed by atoms with Crippen molar-refractivity contribution in [3.63, 3.8) is 0 Å². The third kappa shape index (κ3) is 5.12. The van der Waals surface area contributed by atoms with Gasteiger partial charge in [-0.3, -0.25) is 4.79 Å². The Bertz CT molecular complexity index is 366. The molecule has 0 atom stereocenters. The number of nitrogens with one attached hydrogen (secondary N) is 2. The standard InChI is InChI=1S/C12H21N3O2S/c1-9(2)12-15-10(8-18-12)11(16)14-5-4-13-6-7-17-3/h8-9,13H,4-7H2,1-3H3,(H,14,16). The molecule has 0 bridgehead atoms. The minimum atomic E-state index is -0.105. The van der Waals surface area contributed by atoms with Crippen molar-refractivity contribution in [2.75, 3.05) is 33.4 Å². The lowest BCUT2D eigenvalue weighted by Gasteiger charge is -2.05. The van der Waals surface area contributed by atoms with Crippen LogP contribution in [0.25, 0.3) is 0 Å². The van der Waals surface area contributed by atoms with Gasteiger partial charge in [-0.1, -0.05) is 13.8 Å². The molecule has 0 fully saturated rings. The van der Waals surface area contributed by atoms with E-state index in [4.69, 9.17) is 4.74 Å². The zero-order chi connectivity index (χ0) is 13.4. The van der Waals surface area contributed by atoms with Crippen LogP contribution in [0.5, 0.6) is 0 Å². The van der Waals surface area contributed by atoms with Gasteiger partial charge in [-0.15, -0.1) is 11.3 Å². The number of aromatic nitrogens is 1. The third-order valence-corrected chi connectivity index (χ3v) is 3.46. The van der Waals surface area contributed by atoms with Gasteiger partial charge in [0.1, 0.15) is 5.69 Å². The van der Waals surface area contributed by atoms with Crippen LogP contribution in [-0.2, 0) is 4.74 Å². The van der Waals surface area contributed by atoms with Crippen LogP contribution in [0.4, 0.5) is 0 Å². The van der Waals surface area contributed by atoms with Crippen molar-refractivity contribution in [1.29, 1.82) is 0 Å². The van der Waals surface area contributed by atoms with E-state index in [2.05, 4.69) is 29.5 Å². The van der Waals surface area contributed by atoms with Gasteiger partial charge in [-0.2, -0.15) is 0 Å². The second kappa shape index (κ2) is 8.18. The number of carbonyl (C=O) groups is 1. The molecule has 2 N–H and O–H groups in total. The third-order valence-electron chi connectivity index (χ3n) is 2.32. The van der Waals surface area contributed by atoms with Crippen molar-refractivity contribution >= 4 is 17.2 Å². The first-order valence-corrected chi connectivity index (χ1v) is 6.96. The SMILES string of the molecule is COCCNCCNC(=O)c1csc(C(C)C)n1. The van der Waals surface area contributed by atoms with E-state index in [-0.39, 0.29) is 5.91 Å². The Morgan fingerprint density at radius 3 is 2.83 bits per heavy atom. The quantitative estimate of drug-likeness (QED) is 0.698. The molecule has 0 unspecified atom stereocenters. The summed E-state index contributed by atoms with van der Waals surface area (Å²) in [6, 6.07) is 0. The highest BCUT2D eigenvalue weighted by Crippen LogP contribution is 2.18. The molecule has 1 aromatic heterocycles. The second-order valence-corrected chi connectivity index (χ2v) is 5.11. The van der Waals surface area contributed by atoms with Crippen molar-refractivity contribution in [2.45, 2.75) is 19.8 Å². The highest BCUT2D eigenvalue weighted by molar-refractivity contribution is 7.09. The van der Waals surface area contributed by atoms with Crippen molar-refractivity contribution in [2.24, 2.45) is 0 Å². The Morgan fingerprint density at radius 1 is 1.44 bits per heavy atom. The molecular weight excluding hydrogens is 250 g/mol. The Hall–Kier alpha value is -0.980. The fourth-order valence-electron chi connectivity index (χ4n) is 1.31. The largest absolute Gasteiger partial charge is 0.383 e. The maximum absolute atomic E-state index is 11.8. The van der Waals surface area contributed by atoms with Crippen molar-refractivity contribution < 1.29 is 9.53 Å². The summed E-state index contributed by atoms with van der Waals surface area (Å²) in [6.45, 7) is 6.94. The normalized spacial score (nSPS) is 10.9. The van der Waals surface area contributed by atoms with E-state index in [1.165, 1.54) is 11.3 Å². The topological polar surface area (TPSA) is 63.2 Å². The van der Waals surface area contributed by atoms with E-state index in [0.717, 1.165) is 18.1 Å². The number of ether oxygens (including phenoxy) is 1. The molecule has 18 heavy (non-hydrogen) atoms. The number of amides is 1. The fraction of sp³-hybridized carbons (Fsp3) is 0.667. The van der Waals surface area contributed by atoms with E-state index < -0.39 is 0 Å². The van der Waals surface area contributed by atoms with Crippen LogP contribution in [-0.4, -0.2) is 44.2 Å². The molecule has 0 saturated carbocycles. The Kier molecular flexibility index (Phi) is 6.85. The molecule has 1 rings (SSSR count). The highest BCUT2D eigenvalue weighted by Gasteiger charge is 2.11. The van der Waals surface area contributed by atoms with Crippen molar-refractivity contribution in [3.05, 3.63) is 16.1 Å².